The maximum absolute atomic E-state index is 12.1. The number of amides is 1. The molecule has 1 heterocycles. The van der Waals surface area contributed by atoms with Crippen molar-refractivity contribution in [2.75, 3.05) is 10.7 Å². The summed E-state index contributed by atoms with van der Waals surface area (Å²) in [7, 11) is 0. The van der Waals surface area contributed by atoms with Crippen LogP contribution >= 0.6 is 12.6 Å². The molecular formula is C13H16NNaO3S. The van der Waals surface area contributed by atoms with Gasteiger partial charge in [0.25, 0.3) is 0 Å². The van der Waals surface area contributed by atoms with Crippen LogP contribution < -0.4 is 34.5 Å². The quantitative estimate of drug-likeness (QED) is 0.546. The molecule has 0 aliphatic carbocycles. The summed E-state index contributed by atoms with van der Waals surface area (Å²) in [6.45, 7) is 0. The van der Waals surface area contributed by atoms with Gasteiger partial charge in [0.1, 0.15) is 6.04 Å². The minimum absolute atomic E-state index is 0. The van der Waals surface area contributed by atoms with Gasteiger partial charge in [-0.15, -0.1) is 0 Å². The number of anilines is 1. The second kappa shape index (κ2) is 7.33. The molecule has 1 aromatic rings. The van der Waals surface area contributed by atoms with E-state index in [4.69, 9.17) is 0 Å². The van der Waals surface area contributed by atoms with Crippen molar-refractivity contribution in [3.63, 3.8) is 0 Å². The molecule has 0 spiro atoms. The van der Waals surface area contributed by atoms with Crippen LogP contribution in [-0.4, -0.2) is 28.8 Å². The van der Waals surface area contributed by atoms with Gasteiger partial charge in [-0.1, -0.05) is 18.2 Å². The van der Waals surface area contributed by atoms with Gasteiger partial charge in [0.2, 0.25) is 5.91 Å². The van der Waals surface area contributed by atoms with E-state index in [0.29, 0.717) is 18.6 Å². The molecule has 2 rings (SSSR count). The Bertz CT molecular complexity index is 486. The summed E-state index contributed by atoms with van der Waals surface area (Å²) in [5, 5.41) is 9.24. The fraction of sp³-hybridized carbons (Fsp3) is 0.385. The monoisotopic (exact) mass is 289 g/mol. The number of carboxylic acid groups (broad SMARTS) is 1. The van der Waals surface area contributed by atoms with E-state index in [1.807, 2.05) is 18.2 Å². The molecule has 1 unspecified atom stereocenters. The van der Waals surface area contributed by atoms with Crippen molar-refractivity contribution < 1.29 is 45.7 Å². The zero-order valence-corrected chi connectivity index (χ0v) is 13.8. The zero-order chi connectivity index (χ0) is 13.1. The maximum Gasteiger partial charge on any atom is 1.00 e. The van der Waals surface area contributed by atoms with E-state index in [1.165, 1.54) is 4.90 Å². The Hall–Kier alpha value is -0.490. The number of nitrogens with zero attached hydrogens (tertiary/aromatic N) is 1. The molecule has 0 saturated carbocycles. The second-order valence-electron chi connectivity index (χ2n) is 4.26. The standard InChI is InChI=1S/C13H15NO3S.Na.H/c15-12(7-8-18)14-10-4-2-1-3-9(10)5-6-11(14)13(16)17;;/h1-4,11,18H,5-8H2,(H,16,17);;/q;+1;-1. The summed E-state index contributed by atoms with van der Waals surface area (Å²) >= 11 is 4.04. The summed E-state index contributed by atoms with van der Waals surface area (Å²) in [5.41, 5.74) is 1.76. The number of carbonyl (C=O) groups is 2. The van der Waals surface area contributed by atoms with Gasteiger partial charge in [0.05, 0.1) is 0 Å². The molecule has 0 fully saturated rings. The number of carboxylic acids is 1. The van der Waals surface area contributed by atoms with E-state index in [2.05, 4.69) is 12.6 Å². The number of carbonyl (C=O) groups excluding carboxylic acids is 1. The van der Waals surface area contributed by atoms with Crippen LogP contribution in [0.15, 0.2) is 24.3 Å². The Morgan fingerprint density at radius 1 is 1.42 bits per heavy atom. The summed E-state index contributed by atoms with van der Waals surface area (Å²) < 4.78 is 0. The van der Waals surface area contributed by atoms with Crippen LogP contribution in [0.4, 0.5) is 5.69 Å². The third-order valence-corrected chi connectivity index (χ3v) is 3.35. The van der Waals surface area contributed by atoms with Gasteiger partial charge >= 0.3 is 35.5 Å². The van der Waals surface area contributed by atoms with Crippen molar-refractivity contribution in [2.45, 2.75) is 25.3 Å². The fourth-order valence-corrected chi connectivity index (χ4v) is 2.50. The summed E-state index contributed by atoms with van der Waals surface area (Å²) in [6, 6.07) is 6.72. The van der Waals surface area contributed by atoms with Crippen molar-refractivity contribution >= 4 is 30.2 Å². The number of benzene rings is 1. The minimum Gasteiger partial charge on any atom is -1.00 e. The Morgan fingerprint density at radius 3 is 2.74 bits per heavy atom. The molecule has 0 aromatic heterocycles. The van der Waals surface area contributed by atoms with Gasteiger partial charge in [-0.05, 0) is 30.2 Å². The molecule has 4 nitrogen and oxygen atoms in total. The molecule has 6 heteroatoms. The third kappa shape index (κ3) is 3.54. The van der Waals surface area contributed by atoms with Gasteiger partial charge < -0.3 is 6.53 Å². The SMILES string of the molecule is O=C(O)C1CCc2ccccc2N1C(=O)CCS.[H-].[Na+]. The Morgan fingerprint density at radius 2 is 2.11 bits per heavy atom. The van der Waals surface area contributed by atoms with Gasteiger partial charge in [0.15, 0.2) is 0 Å². The maximum atomic E-state index is 12.1. The Labute approximate surface area is 141 Å². The molecule has 1 atom stereocenters. The van der Waals surface area contributed by atoms with Gasteiger partial charge in [-0.2, -0.15) is 12.6 Å². The third-order valence-electron chi connectivity index (χ3n) is 3.13. The second-order valence-corrected chi connectivity index (χ2v) is 4.71. The topological polar surface area (TPSA) is 57.6 Å². The van der Waals surface area contributed by atoms with E-state index in [0.717, 1.165) is 11.3 Å². The Balaban J connectivity index is 0.00000180. The average molecular weight is 289 g/mol. The summed E-state index contributed by atoms with van der Waals surface area (Å²) in [4.78, 5) is 24.8. The van der Waals surface area contributed by atoms with Crippen molar-refractivity contribution in [3.8, 4) is 0 Å². The molecular weight excluding hydrogens is 273 g/mol. The number of hydrogen-bond donors (Lipinski definition) is 2. The minimum atomic E-state index is -0.947. The number of thiol groups is 1. The van der Waals surface area contributed by atoms with Crippen molar-refractivity contribution in [1.82, 2.24) is 0 Å². The first-order chi connectivity index (χ1) is 8.65. The molecule has 98 valence electrons. The molecule has 0 radical (unpaired) electrons. The average Bonchev–Trinajstić information content (AvgIpc) is 2.37. The first kappa shape index (κ1) is 16.6. The predicted octanol–water partition coefficient (Wildman–Crippen LogP) is -1.14. The van der Waals surface area contributed by atoms with E-state index in [1.54, 1.807) is 6.07 Å². The predicted molar refractivity (Wildman–Crippen MR) is 73.3 cm³/mol. The van der Waals surface area contributed by atoms with Crippen molar-refractivity contribution in [1.29, 1.82) is 0 Å². The fourth-order valence-electron chi connectivity index (χ4n) is 2.30. The smallest absolute Gasteiger partial charge is 1.00 e. The van der Waals surface area contributed by atoms with Gasteiger partial charge in [0, 0.05) is 12.1 Å². The molecule has 1 amide bonds. The van der Waals surface area contributed by atoms with Gasteiger partial charge in [-0.25, -0.2) is 4.79 Å². The number of para-hydroxylation sites is 1. The normalized spacial score (nSPS) is 17.3. The van der Waals surface area contributed by atoms with E-state index in [-0.39, 0.29) is 43.3 Å². The van der Waals surface area contributed by atoms with E-state index < -0.39 is 12.0 Å². The van der Waals surface area contributed by atoms with Crippen LogP contribution in [-0.2, 0) is 16.0 Å². The number of aryl methyl sites for hydroxylation is 1. The van der Waals surface area contributed by atoms with Crippen LogP contribution in [0.3, 0.4) is 0 Å². The number of hydrogen-bond acceptors (Lipinski definition) is 3. The largest absolute Gasteiger partial charge is 1.00 e. The first-order valence-electron chi connectivity index (χ1n) is 5.88. The van der Waals surface area contributed by atoms with Crippen LogP contribution in [0.2, 0.25) is 0 Å². The molecule has 0 saturated heterocycles. The zero-order valence-electron chi connectivity index (χ0n) is 11.9. The molecule has 1 aliphatic rings. The first-order valence-corrected chi connectivity index (χ1v) is 6.52. The van der Waals surface area contributed by atoms with Gasteiger partial charge in [-0.3, -0.25) is 9.69 Å². The number of fused-ring (bicyclic) bond motifs is 1. The van der Waals surface area contributed by atoms with E-state index >= 15 is 0 Å². The van der Waals surface area contributed by atoms with Crippen molar-refractivity contribution in [3.05, 3.63) is 29.8 Å². The Kier molecular flexibility index (Phi) is 6.39. The number of rotatable bonds is 3. The van der Waals surface area contributed by atoms with Crippen LogP contribution in [0.25, 0.3) is 0 Å². The van der Waals surface area contributed by atoms with Crippen LogP contribution in [0, 0.1) is 0 Å². The van der Waals surface area contributed by atoms with E-state index in [9.17, 15) is 14.7 Å². The molecule has 1 aliphatic heterocycles. The molecule has 19 heavy (non-hydrogen) atoms. The van der Waals surface area contributed by atoms with Crippen LogP contribution in [0.5, 0.6) is 0 Å². The summed E-state index contributed by atoms with van der Waals surface area (Å²) in [5.74, 6) is -0.703. The van der Waals surface area contributed by atoms with Crippen LogP contribution in [0.1, 0.15) is 19.8 Å². The summed E-state index contributed by atoms with van der Waals surface area (Å²) in [6.07, 6.45) is 1.41. The number of aliphatic carboxylic acids is 1. The molecule has 1 aromatic carbocycles. The molecule has 0 bridgehead atoms. The molecule has 1 N–H and O–H groups in total. The van der Waals surface area contributed by atoms with Crippen molar-refractivity contribution in [2.24, 2.45) is 0 Å².